The van der Waals surface area contributed by atoms with E-state index in [1.807, 2.05) is 0 Å². The summed E-state index contributed by atoms with van der Waals surface area (Å²) in [5.41, 5.74) is -0.496. The molecule has 2 rings (SSSR count). The van der Waals surface area contributed by atoms with Crippen molar-refractivity contribution >= 4 is 17.6 Å². The lowest BCUT2D eigenvalue weighted by Crippen LogP contribution is -2.42. The fraction of sp³-hybridized carbons (Fsp3) is 0.385. The minimum atomic E-state index is -1.25. The van der Waals surface area contributed by atoms with Crippen LogP contribution in [0.15, 0.2) is 12.1 Å². The van der Waals surface area contributed by atoms with Crippen LogP contribution in [0.25, 0.3) is 0 Å². The van der Waals surface area contributed by atoms with E-state index < -0.39 is 23.2 Å². The van der Waals surface area contributed by atoms with E-state index in [0.29, 0.717) is 19.4 Å². The number of rotatable bonds is 3. The van der Waals surface area contributed by atoms with Gasteiger partial charge in [0.05, 0.1) is 18.4 Å². The predicted molar refractivity (Wildman–Crippen MR) is 67.4 cm³/mol. The van der Waals surface area contributed by atoms with Crippen molar-refractivity contribution in [2.24, 2.45) is 0 Å². The lowest BCUT2D eigenvalue weighted by atomic mass is 10.1. The summed E-state index contributed by atoms with van der Waals surface area (Å²) in [6.45, 7) is 0.346. The highest BCUT2D eigenvalue weighted by molar-refractivity contribution is 5.90. The Bertz CT molecular complexity index is 539. The molecule has 0 radical (unpaired) electrons. The van der Waals surface area contributed by atoms with Gasteiger partial charge in [-0.1, -0.05) is 0 Å². The van der Waals surface area contributed by atoms with E-state index in [1.165, 1.54) is 6.07 Å². The van der Waals surface area contributed by atoms with Gasteiger partial charge in [0.2, 0.25) is 5.91 Å². The fourth-order valence-corrected chi connectivity index (χ4v) is 2.00. The first-order chi connectivity index (χ1) is 9.52. The van der Waals surface area contributed by atoms with Gasteiger partial charge in [-0.2, -0.15) is 0 Å². The van der Waals surface area contributed by atoms with Crippen LogP contribution in [0.3, 0.4) is 0 Å². The van der Waals surface area contributed by atoms with Crippen LogP contribution in [-0.2, 0) is 9.53 Å². The van der Waals surface area contributed by atoms with Crippen LogP contribution >= 0.6 is 0 Å². The Morgan fingerprint density at radius 1 is 1.40 bits per heavy atom. The van der Waals surface area contributed by atoms with Crippen molar-refractivity contribution in [3.05, 3.63) is 29.3 Å². The zero-order valence-electron chi connectivity index (χ0n) is 10.8. The zero-order chi connectivity index (χ0) is 14.7. The number of benzene rings is 1. The van der Waals surface area contributed by atoms with Gasteiger partial charge in [-0.3, -0.25) is 4.79 Å². The molecule has 2 N–H and O–H groups in total. The van der Waals surface area contributed by atoms with E-state index in [9.17, 15) is 18.4 Å². The molecule has 1 amide bonds. The number of piperidine rings is 1. The Balaban J connectivity index is 2.15. The third-order valence-corrected chi connectivity index (χ3v) is 3.11. The van der Waals surface area contributed by atoms with Gasteiger partial charge in [0, 0.05) is 19.0 Å². The van der Waals surface area contributed by atoms with Crippen LogP contribution in [0.5, 0.6) is 0 Å². The molecule has 1 aliphatic heterocycles. The molecule has 1 aromatic carbocycles. The number of methoxy groups -OCH3 is 1. The molecule has 20 heavy (non-hydrogen) atoms. The summed E-state index contributed by atoms with van der Waals surface area (Å²) in [7, 11) is 1.09. The van der Waals surface area contributed by atoms with Gasteiger partial charge in [-0.25, -0.2) is 13.6 Å². The Morgan fingerprint density at radius 3 is 2.75 bits per heavy atom. The topological polar surface area (TPSA) is 67.4 Å². The highest BCUT2D eigenvalue weighted by Crippen LogP contribution is 2.23. The molecule has 1 unspecified atom stereocenters. The number of nitrogens with one attached hydrogen (secondary N) is 2. The van der Waals surface area contributed by atoms with Crippen LogP contribution in [-0.4, -0.2) is 31.6 Å². The number of anilines is 1. The van der Waals surface area contributed by atoms with E-state index in [0.717, 1.165) is 13.2 Å². The summed E-state index contributed by atoms with van der Waals surface area (Å²) in [5.74, 6) is -3.37. The van der Waals surface area contributed by atoms with Crippen molar-refractivity contribution in [2.75, 3.05) is 19.0 Å². The Morgan fingerprint density at radius 2 is 2.15 bits per heavy atom. The predicted octanol–water partition coefficient (Wildman–Crippen LogP) is 1.44. The number of hydrogen-bond acceptors (Lipinski definition) is 4. The minimum Gasteiger partial charge on any atom is -0.465 e. The van der Waals surface area contributed by atoms with Gasteiger partial charge >= 0.3 is 5.97 Å². The van der Waals surface area contributed by atoms with Crippen LogP contribution < -0.4 is 10.6 Å². The number of halogens is 2. The van der Waals surface area contributed by atoms with Crippen molar-refractivity contribution in [3.8, 4) is 0 Å². The number of hydrogen-bond donors (Lipinski definition) is 2. The van der Waals surface area contributed by atoms with Crippen molar-refractivity contribution in [1.29, 1.82) is 0 Å². The van der Waals surface area contributed by atoms with Gasteiger partial charge in [0.15, 0.2) is 11.6 Å². The molecule has 1 fully saturated rings. The Hall–Kier alpha value is -2.18. The minimum absolute atomic E-state index is 0.0451. The van der Waals surface area contributed by atoms with E-state index in [2.05, 4.69) is 15.4 Å². The molecule has 0 aliphatic carbocycles. The van der Waals surface area contributed by atoms with Gasteiger partial charge < -0.3 is 15.4 Å². The lowest BCUT2D eigenvalue weighted by molar-refractivity contribution is -0.122. The van der Waals surface area contributed by atoms with Crippen LogP contribution in [0.1, 0.15) is 23.2 Å². The lowest BCUT2D eigenvalue weighted by Gasteiger charge is -2.24. The normalized spacial score (nSPS) is 18.4. The molecule has 0 saturated carbocycles. The standard InChI is InChI=1S/C13H14F2N2O3/c1-20-13(19)8-3-4-9(12(15)11(8)14)17-7-2-5-10(18)16-6-7/h3-4,7,17H,2,5-6H2,1H3,(H,16,18). The summed E-state index contributed by atoms with van der Waals surface area (Å²) in [6, 6.07) is 2.26. The fourth-order valence-electron chi connectivity index (χ4n) is 2.00. The summed E-state index contributed by atoms with van der Waals surface area (Å²) >= 11 is 0. The average molecular weight is 284 g/mol. The molecule has 1 heterocycles. The van der Waals surface area contributed by atoms with Crippen molar-refractivity contribution in [1.82, 2.24) is 5.32 Å². The summed E-state index contributed by atoms with van der Waals surface area (Å²) < 4.78 is 31.9. The number of carbonyl (C=O) groups is 2. The molecule has 1 saturated heterocycles. The highest BCUT2D eigenvalue weighted by Gasteiger charge is 2.22. The van der Waals surface area contributed by atoms with Crippen molar-refractivity contribution in [2.45, 2.75) is 18.9 Å². The number of amides is 1. The van der Waals surface area contributed by atoms with Crippen molar-refractivity contribution in [3.63, 3.8) is 0 Å². The average Bonchev–Trinajstić information content (AvgIpc) is 2.45. The first-order valence-electron chi connectivity index (χ1n) is 6.12. The van der Waals surface area contributed by atoms with Gasteiger partial charge in [-0.05, 0) is 18.6 Å². The maximum Gasteiger partial charge on any atom is 0.340 e. The molecule has 7 heteroatoms. The number of carbonyl (C=O) groups excluding carboxylic acids is 2. The molecule has 1 atom stereocenters. The Labute approximate surface area is 114 Å². The van der Waals surface area contributed by atoms with Gasteiger partial charge in [0.25, 0.3) is 0 Å². The maximum atomic E-state index is 13.9. The van der Waals surface area contributed by atoms with E-state index in [1.54, 1.807) is 0 Å². The Kier molecular flexibility index (Phi) is 4.16. The molecule has 5 nitrogen and oxygen atoms in total. The first-order valence-corrected chi connectivity index (χ1v) is 6.12. The van der Waals surface area contributed by atoms with Crippen LogP contribution in [0.4, 0.5) is 14.5 Å². The summed E-state index contributed by atoms with van der Waals surface area (Å²) in [5, 5.41) is 5.45. The smallest absolute Gasteiger partial charge is 0.340 e. The third-order valence-electron chi connectivity index (χ3n) is 3.11. The molecule has 0 spiro atoms. The van der Waals surface area contributed by atoms with Crippen LogP contribution in [0.2, 0.25) is 0 Å². The second-order valence-electron chi connectivity index (χ2n) is 4.46. The molecular weight excluding hydrogens is 270 g/mol. The molecule has 1 aliphatic rings. The maximum absolute atomic E-state index is 13.9. The molecule has 108 valence electrons. The second-order valence-corrected chi connectivity index (χ2v) is 4.46. The molecule has 1 aromatic rings. The monoisotopic (exact) mass is 284 g/mol. The molecule has 0 aromatic heterocycles. The molecule has 0 bridgehead atoms. The van der Waals surface area contributed by atoms with Crippen molar-refractivity contribution < 1.29 is 23.1 Å². The second kappa shape index (κ2) is 5.85. The van der Waals surface area contributed by atoms with E-state index in [4.69, 9.17) is 0 Å². The first kappa shape index (κ1) is 14.2. The zero-order valence-corrected chi connectivity index (χ0v) is 10.8. The van der Waals surface area contributed by atoms with Gasteiger partial charge in [-0.15, -0.1) is 0 Å². The summed E-state index contributed by atoms with van der Waals surface area (Å²) in [6.07, 6.45) is 0.869. The van der Waals surface area contributed by atoms with E-state index in [-0.39, 0.29) is 17.6 Å². The van der Waals surface area contributed by atoms with Gasteiger partial charge in [0.1, 0.15) is 0 Å². The van der Waals surface area contributed by atoms with Crippen LogP contribution in [0, 0.1) is 11.6 Å². The SMILES string of the molecule is COC(=O)c1ccc(NC2CCC(=O)NC2)c(F)c1F. The third kappa shape index (κ3) is 2.87. The number of ether oxygens (including phenoxy) is 1. The summed E-state index contributed by atoms with van der Waals surface area (Å²) in [4.78, 5) is 22.2. The van der Waals surface area contributed by atoms with E-state index >= 15 is 0 Å². The molecular formula is C13H14F2N2O3. The highest BCUT2D eigenvalue weighted by atomic mass is 19.2. The largest absolute Gasteiger partial charge is 0.465 e. The quantitative estimate of drug-likeness (QED) is 0.824. The number of esters is 1.